The van der Waals surface area contributed by atoms with Gasteiger partial charge in [-0.25, -0.2) is 0 Å². The first-order chi connectivity index (χ1) is 20.0. The minimum absolute atomic E-state index is 0.00163. The Morgan fingerprint density at radius 2 is 1.53 bits per heavy atom. The highest BCUT2D eigenvalue weighted by molar-refractivity contribution is 5.88. The molecule has 0 unspecified atom stereocenters. The summed E-state index contributed by atoms with van der Waals surface area (Å²) in [5.74, 6) is 1.91. The maximum Gasteiger partial charge on any atom is 0.325 e. The fraction of sp³-hybridized carbons (Fsp3) is 0.919. The monoisotopic (exact) mass is 599 g/mol. The maximum atomic E-state index is 14.1. The number of ether oxygens (including phenoxy) is 1. The molecule has 0 aromatic carbocycles. The summed E-state index contributed by atoms with van der Waals surface area (Å²) in [7, 11) is 0. The molecule has 11 atom stereocenters. The molecule has 2 N–H and O–H groups in total. The third kappa shape index (κ3) is 4.72. The first-order valence-corrected chi connectivity index (χ1v) is 17.7. The summed E-state index contributed by atoms with van der Waals surface area (Å²) in [6, 6.07) is -0.864. The lowest BCUT2D eigenvalue weighted by Crippen LogP contribution is -2.67. The average molecular weight is 600 g/mol. The molecule has 5 saturated carbocycles. The van der Waals surface area contributed by atoms with E-state index in [1.807, 2.05) is 6.92 Å². The van der Waals surface area contributed by atoms with E-state index in [0.29, 0.717) is 41.9 Å². The van der Waals surface area contributed by atoms with Gasteiger partial charge in [-0.15, -0.1) is 0 Å². The Hall–Kier alpha value is -1.59. The van der Waals surface area contributed by atoms with Crippen LogP contribution in [0.15, 0.2) is 0 Å². The van der Waals surface area contributed by atoms with Crippen molar-refractivity contribution in [1.29, 1.82) is 0 Å². The molecule has 6 nitrogen and oxygen atoms in total. The lowest BCUT2D eigenvalue weighted by atomic mass is 9.32. The molecular formula is C37H61NO5. The molecular weight excluding hydrogens is 538 g/mol. The van der Waals surface area contributed by atoms with Crippen molar-refractivity contribution >= 4 is 17.8 Å². The number of nitrogens with one attached hydrogen (secondary N) is 1. The molecule has 0 bridgehead atoms. The SMILES string of the molecule is CCCC(=O)O[C@@H]1CC[C@]2(C)[C@H]3CC[C@@H]4[C@H]5[C@H](C(C)C)CC[C@]5(C(=O)N[C@@H](C)C(=O)O)CC[C@@]4(C)[C@]3(C)CC[C@H]2C1(C)C. The number of hydrogen-bond donors (Lipinski definition) is 2. The van der Waals surface area contributed by atoms with Crippen LogP contribution in [-0.2, 0) is 19.1 Å². The van der Waals surface area contributed by atoms with E-state index in [2.05, 4.69) is 53.8 Å². The zero-order chi connectivity index (χ0) is 31.8. The van der Waals surface area contributed by atoms with Crippen molar-refractivity contribution in [2.45, 2.75) is 152 Å². The summed E-state index contributed by atoms with van der Waals surface area (Å²) in [6.45, 7) is 20.8. The molecule has 0 radical (unpaired) electrons. The van der Waals surface area contributed by atoms with Crippen LogP contribution in [0, 0.1) is 62.6 Å². The van der Waals surface area contributed by atoms with Crippen LogP contribution in [0.25, 0.3) is 0 Å². The molecule has 6 heteroatoms. The van der Waals surface area contributed by atoms with E-state index in [1.54, 1.807) is 6.92 Å². The van der Waals surface area contributed by atoms with Gasteiger partial charge >= 0.3 is 11.9 Å². The largest absolute Gasteiger partial charge is 0.480 e. The van der Waals surface area contributed by atoms with Crippen LogP contribution < -0.4 is 5.32 Å². The molecule has 5 aliphatic carbocycles. The lowest BCUT2D eigenvalue weighted by molar-refractivity contribution is -0.250. The number of hydrogen-bond acceptors (Lipinski definition) is 4. The van der Waals surface area contributed by atoms with Gasteiger partial charge in [0.2, 0.25) is 5.91 Å². The number of carbonyl (C=O) groups excluding carboxylic acids is 2. The third-order valence-electron chi connectivity index (χ3n) is 15.2. The van der Waals surface area contributed by atoms with E-state index >= 15 is 0 Å². The predicted molar refractivity (Wildman–Crippen MR) is 169 cm³/mol. The summed E-state index contributed by atoms with van der Waals surface area (Å²) in [5, 5.41) is 12.5. The second kappa shape index (κ2) is 11.0. The standard InChI is InChI=1S/C37H61NO5/c1-10-11-29(39)43-28-16-17-34(7)26(33(28,5)6)15-18-36(9)27(34)13-12-25-30-24(22(2)3)14-19-37(30,21-20-35(25,36)8)32(42)38-23(4)31(40)41/h22-28,30H,10-21H2,1-9H3,(H,38,42)(H,40,41)/t23-,24-,25+,26-,27+,28+,30+,34-,35+,36+,37-/m0/s1. The summed E-state index contributed by atoms with van der Waals surface area (Å²) in [6.07, 6.45) is 12.0. The number of amides is 1. The van der Waals surface area contributed by atoms with Crippen molar-refractivity contribution in [2.75, 3.05) is 0 Å². The molecule has 0 aliphatic heterocycles. The number of carbonyl (C=O) groups is 3. The highest BCUT2D eigenvalue weighted by Gasteiger charge is 2.72. The molecule has 0 saturated heterocycles. The Kier molecular flexibility index (Phi) is 8.42. The molecule has 5 aliphatic rings. The molecule has 0 spiro atoms. The Balaban J connectivity index is 1.47. The number of aliphatic carboxylic acids is 1. The van der Waals surface area contributed by atoms with Gasteiger partial charge in [0.05, 0.1) is 5.41 Å². The van der Waals surface area contributed by atoms with Crippen molar-refractivity contribution in [1.82, 2.24) is 5.32 Å². The average Bonchev–Trinajstić information content (AvgIpc) is 3.32. The fourth-order valence-electron chi connectivity index (χ4n) is 12.8. The van der Waals surface area contributed by atoms with E-state index in [1.165, 1.54) is 19.3 Å². The van der Waals surface area contributed by atoms with Gasteiger partial charge in [0.25, 0.3) is 0 Å². The highest BCUT2D eigenvalue weighted by atomic mass is 16.5. The van der Waals surface area contributed by atoms with E-state index in [4.69, 9.17) is 4.74 Å². The molecule has 5 rings (SSSR count). The second-order valence-electron chi connectivity index (χ2n) is 17.4. The van der Waals surface area contributed by atoms with Crippen molar-refractivity contribution < 1.29 is 24.2 Å². The Morgan fingerprint density at radius 3 is 2.16 bits per heavy atom. The van der Waals surface area contributed by atoms with E-state index in [9.17, 15) is 19.5 Å². The Bertz CT molecular complexity index is 1120. The van der Waals surface area contributed by atoms with Gasteiger partial charge in [-0.2, -0.15) is 0 Å². The molecule has 5 fully saturated rings. The summed E-state index contributed by atoms with van der Waals surface area (Å²) in [5.41, 5.74) is 0.0286. The van der Waals surface area contributed by atoms with Gasteiger partial charge in [-0.3, -0.25) is 14.4 Å². The predicted octanol–water partition coefficient (Wildman–Crippen LogP) is 8.03. The Morgan fingerprint density at radius 1 is 0.837 bits per heavy atom. The van der Waals surface area contributed by atoms with Crippen LogP contribution in [0.3, 0.4) is 0 Å². The maximum absolute atomic E-state index is 14.1. The fourth-order valence-corrected chi connectivity index (χ4v) is 12.8. The van der Waals surface area contributed by atoms with Gasteiger partial charge in [0.1, 0.15) is 12.1 Å². The first kappa shape index (κ1) is 32.8. The minimum Gasteiger partial charge on any atom is -0.480 e. The van der Waals surface area contributed by atoms with Gasteiger partial charge in [-0.05, 0) is 129 Å². The molecule has 43 heavy (non-hydrogen) atoms. The quantitative estimate of drug-likeness (QED) is 0.289. The number of esters is 1. The Labute approximate surface area is 261 Å². The van der Waals surface area contributed by atoms with E-state index in [-0.39, 0.29) is 39.6 Å². The zero-order valence-corrected chi connectivity index (χ0v) is 28.7. The molecule has 0 aromatic rings. The smallest absolute Gasteiger partial charge is 0.325 e. The van der Waals surface area contributed by atoms with Crippen LogP contribution in [0.4, 0.5) is 0 Å². The number of carboxylic acids is 1. The normalized spacial score (nSPS) is 45.6. The number of fused-ring (bicyclic) bond motifs is 7. The topological polar surface area (TPSA) is 92.7 Å². The lowest BCUT2D eigenvalue weighted by Gasteiger charge is -2.73. The molecule has 244 valence electrons. The van der Waals surface area contributed by atoms with Crippen LogP contribution in [-0.4, -0.2) is 35.1 Å². The van der Waals surface area contributed by atoms with Gasteiger partial charge in [0, 0.05) is 11.8 Å². The van der Waals surface area contributed by atoms with Crippen LogP contribution >= 0.6 is 0 Å². The molecule has 1 amide bonds. The zero-order valence-electron chi connectivity index (χ0n) is 28.7. The van der Waals surface area contributed by atoms with E-state index < -0.39 is 17.4 Å². The summed E-state index contributed by atoms with van der Waals surface area (Å²) < 4.78 is 6.15. The van der Waals surface area contributed by atoms with Crippen molar-refractivity contribution in [3.8, 4) is 0 Å². The number of rotatable bonds is 7. The minimum atomic E-state index is -0.962. The second-order valence-corrected chi connectivity index (χ2v) is 17.4. The molecule has 0 aromatic heterocycles. The number of carboxylic acid groups (broad SMARTS) is 1. The highest BCUT2D eigenvalue weighted by Crippen LogP contribution is 2.77. The van der Waals surface area contributed by atoms with Gasteiger partial charge in [-0.1, -0.05) is 55.4 Å². The van der Waals surface area contributed by atoms with Crippen molar-refractivity contribution in [2.24, 2.45) is 62.6 Å². The molecule has 0 heterocycles. The van der Waals surface area contributed by atoms with E-state index in [0.717, 1.165) is 51.4 Å². The van der Waals surface area contributed by atoms with Crippen molar-refractivity contribution in [3.63, 3.8) is 0 Å². The summed E-state index contributed by atoms with van der Waals surface area (Å²) in [4.78, 5) is 38.4. The van der Waals surface area contributed by atoms with Crippen molar-refractivity contribution in [3.05, 3.63) is 0 Å². The van der Waals surface area contributed by atoms with Gasteiger partial charge < -0.3 is 15.2 Å². The third-order valence-corrected chi connectivity index (χ3v) is 15.2. The van der Waals surface area contributed by atoms with Crippen LogP contribution in [0.1, 0.15) is 139 Å². The first-order valence-electron chi connectivity index (χ1n) is 17.7. The van der Waals surface area contributed by atoms with Gasteiger partial charge in [0.15, 0.2) is 0 Å². The van der Waals surface area contributed by atoms with Crippen LogP contribution in [0.5, 0.6) is 0 Å². The van der Waals surface area contributed by atoms with Crippen LogP contribution in [0.2, 0.25) is 0 Å². The summed E-state index contributed by atoms with van der Waals surface area (Å²) >= 11 is 0.